The lowest BCUT2D eigenvalue weighted by molar-refractivity contribution is 0.0950. The highest BCUT2D eigenvalue weighted by atomic mass is 35.5. The van der Waals surface area contributed by atoms with Crippen molar-refractivity contribution in [3.05, 3.63) is 43.6 Å². The van der Waals surface area contributed by atoms with Gasteiger partial charge in [0.2, 0.25) is 0 Å². The van der Waals surface area contributed by atoms with Crippen LogP contribution in [0.5, 0.6) is 0 Å². The molecule has 0 aromatic carbocycles. The van der Waals surface area contributed by atoms with Gasteiger partial charge in [-0.1, -0.05) is 29.9 Å². The van der Waals surface area contributed by atoms with E-state index >= 15 is 0 Å². The largest absolute Gasteiger partial charge is 0.370 e. The number of nitrogens with zero attached hydrogens (tertiary/aromatic N) is 1. The molecule has 0 aliphatic carbocycles. The van der Waals surface area contributed by atoms with Crippen molar-refractivity contribution < 1.29 is 4.79 Å². The van der Waals surface area contributed by atoms with Crippen LogP contribution >= 0.6 is 22.9 Å². The van der Waals surface area contributed by atoms with Gasteiger partial charge < -0.3 is 15.6 Å². The van der Waals surface area contributed by atoms with Gasteiger partial charge in [0.1, 0.15) is 11.0 Å². The van der Waals surface area contributed by atoms with E-state index in [0.29, 0.717) is 17.1 Å². The van der Waals surface area contributed by atoms with Gasteiger partial charge in [-0.15, -0.1) is 0 Å². The van der Waals surface area contributed by atoms with Crippen LogP contribution in [0.2, 0.25) is 5.15 Å². The Balaban J connectivity index is 2.04. The minimum Gasteiger partial charge on any atom is -0.370 e. The summed E-state index contributed by atoms with van der Waals surface area (Å²) in [5.74, 6) is 0.296. The van der Waals surface area contributed by atoms with Crippen molar-refractivity contribution in [2.75, 3.05) is 11.9 Å². The average molecular weight is 327 g/mol. The average Bonchev–Trinajstić information content (AvgIpc) is 2.87. The van der Waals surface area contributed by atoms with Gasteiger partial charge in [-0.3, -0.25) is 9.59 Å². The second-order valence-electron chi connectivity index (χ2n) is 4.35. The molecule has 2 heterocycles. The molecule has 0 saturated carbocycles. The molecule has 6 nitrogen and oxygen atoms in total. The Morgan fingerprint density at radius 3 is 2.95 bits per heavy atom. The van der Waals surface area contributed by atoms with Gasteiger partial charge in [-0.25, -0.2) is 4.98 Å². The van der Waals surface area contributed by atoms with Crippen molar-refractivity contribution in [2.24, 2.45) is 0 Å². The quantitative estimate of drug-likeness (QED) is 0.710. The third-order valence-electron chi connectivity index (χ3n) is 2.62. The number of aromatic amines is 1. The van der Waals surface area contributed by atoms with E-state index in [1.807, 2.05) is 6.92 Å². The molecule has 2 rings (SSSR count). The van der Waals surface area contributed by atoms with Crippen LogP contribution in [0.3, 0.4) is 0 Å². The maximum atomic E-state index is 12.1. The Hall–Kier alpha value is -1.86. The fourth-order valence-electron chi connectivity index (χ4n) is 1.65. The van der Waals surface area contributed by atoms with Crippen LogP contribution in [-0.2, 0) is 6.54 Å². The monoisotopic (exact) mass is 326 g/mol. The number of anilines is 1. The molecular formula is C13H15ClN4O2S. The Morgan fingerprint density at radius 1 is 1.48 bits per heavy atom. The Labute approximate surface area is 130 Å². The Bertz CT molecular complexity index is 683. The zero-order valence-electron chi connectivity index (χ0n) is 11.4. The molecule has 8 heteroatoms. The van der Waals surface area contributed by atoms with E-state index in [0.717, 1.165) is 24.3 Å². The molecule has 0 bridgehead atoms. The SMILES string of the molecule is CCCNc1cc(C(=O)NCc2csc(=O)[nH]2)cc(Cl)n1. The van der Waals surface area contributed by atoms with E-state index in [9.17, 15) is 9.59 Å². The summed E-state index contributed by atoms with van der Waals surface area (Å²) in [5, 5.41) is 7.74. The lowest BCUT2D eigenvalue weighted by Gasteiger charge is -2.08. The summed E-state index contributed by atoms with van der Waals surface area (Å²) in [5.41, 5.74) is 1.09. The van der Waals surface area contributed by atoms with Crippen molar-refractivity contribution in [2.45, 2.75) is 19.9 Å². The fraction of sp³-hybridized carbons (Fsp3) is 0.308. The van der Waals surface area contributed by atoms with E-state index in [-0.39, 0.29) is 22.5 Å². The molecule has 0 atom stereocenters. The Kier molecular flexibility index (Phi) is 5.35. The van der Waals surface area contributed by atoms with Crippen molar-refractivity contribution >= 4 is 34.7 Å². The summed E-state index contributed by atoms with van der Waals surface area (Å²) in [6.45, 7) is 3.05. The molecular weight excluding hydrogens is 312 g/mol. The van der Waals surface area contributed by atoms with Crippen molar-refractivity contribution in [3.63, 3.8) is 0 Å². The molecule has 0 aliphatic rings. The number of H-pyrrole nitrogens is 1. The van der Waals surface area contributed by atoms with Gasteiger partial charge in [0.15, 0.2) is 0 Å². The van der Waals surface area contributed by atoms with E-state index in [1.165, 1.54) is 6.07 Å². The van der Waals surface area contributed by atoms with E-state index in [1.54, 1.807) is 11.4 Å². The topological polar surface area (TPSA) is 86.9 Å². The van der Waals surface area contributed by atoms with Crippen LogP contribution in [0.25, 0.3) is 0 Å². The summed E-state index contributed by atoms with van der Waals surface area (Å²) in [6, 6.07) is 3.15. The molecule has 2 aromatic rings. The summed E-state index contributed by atoms with van der Waals surface area (Å²) in [6.07, 6.45) is 0.946. The molecule has 0 aliphatic heterocycles. The predicted molar refractivity (Wildman–Crippen MR) is 84.1 cm³/mol. The van der Waals surface area contributed by atoms with Crippen LogP contribution in [0.15, 0.2) is 22.3 Å². The molecule has 0 saturated heterocycles. The van der Waals surface area contributed by atoms with Crippen LogP contribution in [0, 0.1) is 0 Å². The van der Waals surface area contributed by atoms with E-state index in [2.05, 4.69) is 20.6 Å². The summed E-state index contributed by atoms with van der Waals surface area (Å²) >= 11 is 6.98. The minimum absolute atomic E-state index is 0.141. The fourth-order valence-corrected chi connectivity index (χ4v) is 2.44. The maximum absolute atomic E-state index is 12.1. The van der Waals surface area contributed by atoms with Crippen LogP contribution in [0.1, 0.15) is 29.4 Å². The number of carbonyl (C=O) groups is 1. The highest BCUT2D eigenvalue weighted by Gasteiger charge is 2.09. The number of rotatable bonds is 6. The van der Waals surface area contributed by atoms with Gasteiger partial charge in [0.25, 0.3) is 5.91 Å². The number of nitrogens with one attached hydrogen (secondary N) is 3. The van der Waals surface area contributed by atoms with Gasteiger partial charge in [-0.2, -0.15) is 0 Å². The van der Waals surface area contributed by atoms with Crippen LogP contribution in [-0.4, -0.2) is 22.4 Å². The van der Waals surface area contributed by atoms with Crippen molar-refractivity contribution in [1.29, 1.82) is 0 Å². The normalized spacial score (nSPS) is 10.4. The summed E-state index contributed by atoms with van der Waals surface area (Å²) < 4.78 is 0. The van der Waals surface area contributed by atoms with E-state index < -0.39 is 0 Å². The van der Waals surface area contributed by atoms with Crippen LogP contribution in [0.4, 0.5) is 5.82 Å². The third kappa shape index (κ3) is 4.57. The second-order valence-corrected chi connectivity index (χ2v) is 5.58. The smallest absolute Gasteiger partial charge is 0.304 e. The lowest BCUT2D eigenvalue weighted by Crippen LogP contribution is -2.23. The first-order valence-electron chi connectivity index (χ1n) is 6.45. The molecule has 3 N–H and O–H groups in total. The van der Waals surface area contributed by atoms with Crippen LogP contribution < -0.4 is 15.5 Å². The zero-order chi connectivity index (χ0) is 15.2. The molecule has 21 heavy (non-hydrogen) atoms. The minimum atomic E-state index is -0.272. The number of hydrogen-bond acceptors (Lipinski definition) is 5. The number of thiazole rings is 1. The molecule has 0 radical (unpaired) electrons. The standard InChI is InChI=1S/C13H15ClN4O2S/c1-2-3-15-11-5-8(4-10(14)18-11)12(19)16-6-9-7-21-13(20)17-9/h4-5,7H,2-3,6H2,1H3,(H,15,18)(H,16,19)(H,17,20). The number of hydrogen-bond donors (Lipinski definition) is 3. The maximum Gasteiger partial charge on any atom is 0.304 e. The lowest BCUT2D eigenvalue weighted by atomic mass is 10.2. The molecule has 2 aromatic heterocycles. The Morgan fingerprint density at radius 2 is 2.29 bits per heavy atom. The number of carbonyl (C=O) groups excluding carboxylic acids is 1. The zero-order valence-corrected chi connectivity index (χ0v) is 13.0. The number of aromatic nitrogens is 2. The first-order valence-corrected chi connectivity index (χ1v) is 7.70. The summed E-state index contributed by atoms with van der Waals surface area (Å²) in [4.78, 5) is 29.7. The third-order valence-corrected chi connectivity index (χ3v) is 3.53. The molecule has 1 amide bonds. The molecule has 0 unspecified atom stereocenters. The first-order chi connectivity index (χ1) is 10.1. The number of pyridine rings is 1. The van der Waals surface area contributed by atoms with Gasteiger partial charge in [-0.05, 0) is 18.6 Å². The summed E-state index contributed by atoms with van der Waals surface area (Å²) in [7, 11) is 0. The number of halogens is 1. The highest BCUT2D eigenvalue weighted by molar-refractivity contribution is 7.07. The van der Waals surface area contributed by atoms with Gasteiger partial charge >= 0.3 is 4.87 Å². The first kappa shape index (κ1) is 15.5. The van der Waals surface area contributed by atoms with Gasteiger partial charge in [0.05, 0.1) is 6.54 Å². The second kappa shape index (κ2) is 7.24. The van der Waals surface area contributed by atoms with E-state index in [4.69, 9.17) is 11.6 Å². The van der Waals surface area contributed by atoms with Crippen molar-refractivity contribution in [1.82, 2.24) is 15.3 Å². The highest BCUT2D eigenvalue weighted by Crippen LogP contribution is 2.14. The van der Waals surface area contributed by atoms with Crippen molar-refractivity contribution in [3.8, 4) is 0 Å². The van der Waals surface area contributed by atoms with Gasteiger partial charge in [0, 0.05) is 23.2 Å². The molecule has 0 spiro atoms. The molecule has 0 fully saturated rings. The predicted octanol–water partition coefficient (Wildman–Crippen LogP) is 2.24. The molecule has 112 valence electrons. The number of amides is 1.